The maximum Gasteiger partial charge on any atom is 0.270 e. The van der Waals surface area contributed by atoms with Crippen molar-refractivity contribution in [3.63, 3.8) is 0 Å². The second kappa shape index (κ2) is 8.38. The molecule has 0 radical (unpaired) electrons. The third-order valence-electron chi connectivity index (χ3n) is 4.81. The Morgan fingerprint density at radius 2 is 1.77 bits per heavy atom. The third-order valence-corrected chi connectivity index (χ3v) is 6.22. The van der Waals surface area contributed by atoms with Crippen molar-refractivity contribution in [2.45, 2.75) is 6.42 Å². The van der Waals surface area contributed by atoms with Gasteiger partial charge in [-0.1, -0.05) is 40.2 Å². The Morgan fingerprint density at radius 1 is 1.03 bits per heavy atom. The fourth-order valence-electron chi connectivity index (χ4n) is 3.27. The molecule has 0 saturated carbocycles. The van der Waals surface area contributed by atoms with E-state index in [2.05, 4.69) is 15.9 Å². The molecule has 5 nitrogen and oxygen atoms in total. The Hall–Kier alpha value is -3.03. The average molecular weight is 481 g/mol. The van der Waals surface area contributed by atoms with Gasteiger partial charge in [0.1, 0.15) is 5.56 Å². The van der Waals surface area contributed by atoms with Gasteiger partial charge in [0.2, 0.25) is 5.91 Å². The number of hydrogen-bond donors (Lipinski definition) is 0. The van der Waals surface area contributed by atoms with Crippen molar-refractivity contribution >= 4 is 55.7 Å². The van der Waals surface area contributed by atoms with Gasteiger partial charge in [0, 0.05) is 22.1 Å². The normalized spacial score (nSPS) is 10.9. The van der Waals surface area contributed by atoms with Crippen LogP contribution in [0.3, 0.4) is 0 Å². The second-order valence-corrected chi connectivity index (χ2v) is 8.70. The van der Waals surface area contributed by atoms with Gasteiger partial charge < -0.3 is 4.90 Å². The number of benzene rings is 2. The summed E-state index contributed by atoms with van der Waals surface area (Å²) in [6.45, 7) is 0. The standard InChI is InChI=1S/C23H17BrN2O3S/c1-25(17-10-8-16(24)9-11-17)22(28)19-13-15-5-2-3-7-20(15)26(23(19)29)21(27)14-18-6-4-12-30-18/h2-13H,14H2,1H3. The molecule has 0 saturated heterocycles. The van der Waals surface area contributed by atoms with Gasteiger partial charge in [-0.3, -0.25) is 14.4 Å². The molecule has 4 aromatic rings. The number of carbonyl (C=O) groups is 2. The fraction of sp³-hybridized carbons (Fsp3) is 0.0870. The molecule has 0 unspecified atom stereocenters. The van der Waals surface area contributed by atoms with E-state index in [1.165, 1.54) is 16.2 Å². The topological polar surface area (TPSA) is 59.4 Å². The van der Waals surface area contributed by atoms with Crippen molar-refractivity contribution in [1.82, 2.24) is 4.57 Å². The second-order valence-electron chi connectivity index (χ2n) is 6.75. The zero-order valence-corrected chi connectivity index (χ0v) is 18.4. The van der Waals surface area contributed by atoms with E-state index in [0.29, 0.717) is 16.6 Å². The minimum Gasteiger partial charge on any atom is -0.311 e. The molecule has 0 spiro atoms. The molecule has 0 atom stereocenters. The first-order chi connectivity index (χ1) is 14.5. The number of pyridine rings is 1. The van der Waals surface area contributed by atoms with Gasteiger partial charge in [-0.2, -0.15) is 0 Å². The highest BCUT2D eigenvalue weighted by atomic mass is 79.9. The van der Waals surface area contributed by atoms with Gasteiger partial charge in [0.05, 0.1) is 11.9 Å². The molecular formula is C23H17BrN2O3S. The first-order valence-electron chi connectivity index (χ1n) is 9.19. The molecule has 150 valence electrons. The van der Waals surface area contributed by atoms with Crippen LogP contribution < -0.4 is 10.5 Å². The largest absolute Gasteiger partial charge is 0.311 e. The van der Waals surface area contributed by atoms with Crippen molar-refractivity contribution in [3.05, 3.63) is 97.4 Å². The highest BCUT2D eigenvalue weighted by Gasteiger charge is 2.22. The smallest absolute Gasteiger partial charge is 0.270 e. The van der Waals surface area contributed by atoms with E-state index in [0.717, 1.165) is 13.9 Å². The lowest BCUT2D eigenvalue weighted by molar-refractivity contribution is 0.0915. The molecule has 0 aliphatic carbocycles. The molecule has 2 aromatic heterocycles. The zero-order valence-electron chi connectivity index (χ0n) is 16.0. The molecule has 7 heteroatoms. The number of para-hydroxylation sites is 1. The molecular weight excluding hydrogens is 464 g/mol. The number of anilines is 1. The van der Waals surface area contributed by atoms with Crippen molar-refractivity contribution in [2.24, 2.45) is 0 Å². The first-order valence-corrected chi connectivity index (χ1v) is 10.9. The predicted molar refractivity (Wildman–Crippen MR) is 124 cm³/mol. The van der Waals surface area contributed by atoms with Crippen molar-refractivity contribution in [2.75, 3.05) is 11.9 Å². The van der Waals surface area contributed by atoms with Gasteiger partial charge in [0.15, 0.2) is 0 Å². The molecule has 4 rings (SSSR count). The average Bonchev–Trinajstić information content (AvgIpc) is 3.25. The number of aromatic nitrogens is 1. The number of nitrogens with zero attached hydrogens (tertiary/aromatic N) is 2. The van der Waals surface area contributed by atoms with Crippen LogP contribution in [0, 0.1) is 0 Å². The summed E-state index contributed by atoms with van der Waals surface area (Å²) >= 11 is 4.83. The number of fused-ring (bicyclic) bond motifs is 1. The molecule has 0 aliphatic heterocycles. The van der Waals surface area contributed by atoms with E-state index in [1.807, 2.05) is 35.7 Å². The van der Waals surface area contributed by atoms with Crippen molar-refractivity contribution in [3.8, 4) is 0 Å². The fourth-order valence-corrected chi connectivity index (χ4v) is 4.23. The molecule has 1 amide bonds. The van der Waals surface area contributed by atoms with Crippen LogP contribution in [0.25, 0.3) is 10.9 Å². The zero-order chi connectivity index (χ0) is 21.3. The van der Waals surface area contributed by atoms with E-state index in [-0.39, 0.29) is 17.9 Å². The van der Waals surface area contributed by atoms with Crippen LogP contribution in [-0.4, -0.2) is 23.4 Å². The molecule has 0 N–H and O–H groups in total. The van der Waals surface area contributed by atoms with E-state index < -0.39 is 11.5 Å². The van der Waals surface area contributed by atoms with Crippen LogP contribution in [0.4, 0.5) is 5.69 Å². The Balaban J connectivity index is 1.81. The lowest BCUT2D eigenvalue weighted by atomic mass is 10.1. The summed E-state index contributed by atoms with van der Waals surface area (Å²) in [6, 6.07) is 19.6. The van der Waals surface area contributed by atoms with Crippen LogP contribution in [-0.2, 0) is 6.42 Å². The minimum absolute atomic E-state index is 0.0429. The third kappa shape index (κ3) is 3.86. The lowest BCUT2D eigenvalue weighted by Crippen LogP contribution is -2.37. The monoisotopic (exact) mass is 480 g/mol. The van der Waals surface area contributed by atoms with Crippen LogP contribution in [0.5, 0.6) is 0 Å². The number of rotatable bonds is 4. The van der Waals surface area contributed by atoms with E-state index in [1.54, 1.807) is 43.4 Å². The summed E-state index contributed by atoms with van der Waals surface area (Å²) in [4.78, 5) is 41.8. The highest BCUT2D eigenvalue weighted by Crippen LogP contribution is 2.21. The first kappa shape index (κ1) is 20.3. The Kier molecular flexibility index (Phi) is 5.65. The summed E-state index contributed by atoms with van der Waals surface area (Å²) in [7, 11) is 1.61. The number of carbonyl (C=O) groups excluding carboxylic acids is 2. The van der Waals surface area contributed by atoms with Gasteiger partial charge >= 0.3 is 0 Å². The molecule has 30 heavy (non-hydrogen) atoms. The Bertz CT molecular complexity index is 1290. The quantitative estimate of drug-likeness (QED) is 0.413. The van der Waals surface area contributed by atoms with Gasteiger partial charge in [-0.25, -0.2) is 4.57 Å². The van der Waals surface area contributed by atoms with Crippen molar-refractivity contribution in [1.29, 1.82) is 0 Å². The van der Waals surface area contributed by atoms with Crippen LogP contribution in [0.2, 0.25) is 0 Å². The maximum absolute atomic E-state index is 13.3. The Labute approximate surface area is 185 Å². The van der Waals surface area contributed by atoms with Crippen LogP contribution in [0.1, 0.15) is 20.0 Å². The maximum atomic E-state index is 13.3. The summed E-state index contributed by atoms with van der Waals surface area (Å²) < 4.78 is 2.01. The SMILES string of the molecule is CN(C(=O)c1cc2ccccc2n(C(=O)Cc2cccs2)c1=O)c1ccc(Br)cc1. The highest BCUT2D eigenvalue weighted by molar-refractivity contribution is 9.10. The number of amides is 1. The summed E-state index contributed by atoms with van der Waals surface area (Å²) in [5, 5.41) is 2.54. The van der Waals surface area contributed by atoms with E-state index in [9.17, 15) is 14.4 Å². The molecule has 0 fully saturated rings. The van der Waals surface area contributed by atoms with Gasteiger partial charge in [0.25, 0.3) is 11.5 Å². The van der Waals surface area contributed by atoms with Crippen molar-refractivity contribution < 1.29 is 9.59 Å². The Morgan fingerprint density at radius 3 is 2.47 bits per heavy atom. The molecule has 2 aromatic carbocycles. The molecule has 0 bridgehead atoms. The van der Waals surface area contributed by atoms with Crippen LogP contribution in [0.15, 0.2) is 81.4 Å². The summed E-state index contributed by atoms with van der Waals surface area (Å²) in [5.74, 6) is -0.828. The predicted octanol–water partition coefficient (Wildman–Crippen LogP) is 4.99. The van der Waals surface area contributed by atoms with Gasteiger partial charge in [-0.05, 0) is 53.2 Å². The molecule has 2 heterocycles. The number of thiophene rings is 1. The minimum atomic E-state index is -0.607. The van der Waals surface area contributed by atoms with Gasteiger partial charge in [-0.15, -0.1) is 11.3 Å². The number of hydrogen-bond acceptors (Lipinski definition) is 4. The lowest BCUT2D eigenvalue weighted by Gasteiger charge is -2.18. The summed E-state index contributed by atoms with van der Waals surface area (Å²) in [5.41, 5.74) is 0.488. The van der Waals surface area contributed by atoms with E-state index >= 15 is 0 Å². The van der Waals surface area contributed by atoms with Crippen LogP contribution >= 0.6 is 27.3 Å². The molecule has 0 aliphatic rings. The van der Waals surface area contributed by atoms with E-state index in [4.69, 9.17) is 0 Å². The summed E-state index contributed by atoms with van der Waals surface area (Å²) in [6.07, 6.45) is 0.0990. The number of halogens is 1.